The molecule has 0 bridgehead atoms. The first-order valence-corrected chi connectivity index (χ1v) is 11.6. The molecule has 0 spiro atoms. The van der Waals surface area contributed by atoms with Crippen LogP contribution in [0.3, 0.4) is 0 Å². The van der Waals surface area contributed by atoms with E-state index in [1.165, 1.54) is 23.5 Å². The number of para-hydroxylation sites is 1. The van der Waals surface area contributed by atoms with E-state index in [1.807, 2.05) is 35.0 Å². The van der Waals surface area contributed by atoms with Crippen LogP contribution in [0.5, 0.6) is 5.75 Å². The summed E-state index contributed by atoms with van der Waals surface area (Å²) in [4.78, 5) is 16.7. The zero-order chi connectivity index (χ0) is 21.1. The van der Waals surface area contributed by atoms with Gasteiger partial charge in [-0.15, -0.1) is 11.3 Å². The summed E-state index contributed by atoms with van der Waals surface area (Å²) in [5.74, 6) is 0.329. The molecule has 2 heterocycles. The highest BCUT2D eigenvalue weighted by Crippen LogP contribution is 2.26. The Morgan fingerprint density at radius 2 is 1.97 bits per heavy atom. The van der Waals surface area contributed by atoms with Crippen LogP contribution in [0.1, 0.15) is 5.01 Å². The molecule has 30 heavy (non-hydrogen) atoms. The van der Waals surface area contributed by atoms with Crippen LogP contribution in [0.4, 0.5) is 5.69 Å². The summed E-state index contributed by atoms with van der Waals surface area (Å²) in [6, 6.07) is 13.8. The van der Waals surface area contributed by atoms with Crippen LogP contribution < -0.4 is 10.1 Å². The van der Waals surface area contributed by atoms with E-state index in [1.54, 1.807) is 30.8 Å². The van der Waals surface area contributed by atoms with Crippen LogP contribution >= 0.6 is 11.3 Å². The number of benzene rings is 2. The van der Waals surface area contributed by atoms with Crippen molar-refractivity contribution in [3.63, 3.8) is 0 Å². The van der Waals surface area contributed by atoms with Crippen LogP contribution in [0, 0.1) is 0 Å². The second-order valence-electron chi connectivity index (χ2n) is 6.60. The Hall–Kier alpha value is -3.17. The van der Waals surface area contributed by atoms with E-state index in [-0.39, 0.29) is 23.1 Å². The molecule has 9 heteroatoms. The lowest BCUT2D eigenvalue weighted by Gasteiger charge is -2.10. The van der Waals surface area contributed by atoms with Gasteiger partial charge >= 0.3 is 0 Å². The minimum Gasteiger partial charge on any atom is -0.495 e. The van der Waals surface area contributed by atoms with E-state index in [9.17, 15) is 13.2 Å². The van der Waals surface area contributed by atoms with Crippen molar-refractivity contribution >= 4 is 43.7 Å². The van der Waals surface area contributed by atoms with Gasteiger partial charge in [0.25, 0.3) is 0 Å². The maximum Gasteiger partial charge on any atom is 0.244 e. The second-order valence-corrected chi connectivity index (χ2v) is 9.57. The normalized spacial score (nSPS) is 11.5. The van der Waals surface area contributed by atoms with Crippen molar-refractivity contribution in [3.8, 4) is 5.75 Å². The van der Waals surface area contributed by atoms with Gasteiger partial charge in [-0.1, -0.05) is 12.1 Å². The van der Waals surface area contributed by atoms with Gasteiger partial charge in [0.1, 0.15) is 23.1 Å². The zero-order valence-electron chi connectivity index (χ0n) is 16.1. The van der Waals surface area contributed by atoms with Gasteiger partial charge in [-0.25, -0.2) is 13.4 Å². The molecular formula is C21H19N3O4S2. The van der Waals surface area contributed by atoms with Crippen molar-refractivity contribution < 1.29 is 17.9 Å². The molecule has 0 aliphatic rings. The van der Waals surface area contributed by atoms with E-state index in [4.69, 9.17) is 4.74 Å². The third-order valence-corrected chi connectivity index (χ3v) is 7.19. The fourth-order valence-electron chi connectivity index (χ4n) is 3.19. The number of amides is 1. The highest BCUT2D eigenvalue weighted by atomic mass is 32.2. The van der Waals surface area contributed by atoms with Gasteiger partial charge in [-0.05, 0) is 36.4 Å². The Morgan fingerprint density at radius 1 is 1.17 bits per heavy atom. The number of ether oxygens (including phenoxy) is 1. The molecule has 0 aliphatic carbocycles. The fraction of sp³-hybridized carbons (Fsp3) is 0.143. The summed E-state index contributed by atoms with van der Waals surface area (Å²) < 4.78 is 32.2. The summed E-state index contributed by atoms with van der Waals surface area (Å²) >= 11 is 1.30. The standard InChI is InChI=1S/C21H19N3O4S2/c1-28-18-4-2-3-15-9-11-24(21(15)18)13-19(25)23-16-5-7-17(8-6-16)30(26,27)14-20-22-10-12-29-20/h2-12H,13-14H2,1H3,(H,23,25). The highest BCUT2D eigenvalue weighted by Gasteiger charge is 2.17. The maximum atomic E-state index is 12.5. The second kappa shape index (κ2) is 8.29. The Kier molecular flexibility index (Phi) is 5.56. The smallest absolute Gasteiger partial charge is 0.244 e. The van der Waals surface area contributed by atoms with Crippen molar-refractivity contribution in [3.05, 3.63) is 71.3 Å². The zero-order valence-corrected chi connectivity index (χ0v) is 17.7. The number of thiazole rings is 1. The minimum absolute atomic E-state index is 0.105. The molecule has 0 unspecified atom stereocenters. The number of aromatic nitrogens is 2. The number of fused-ring (bicyclic) bond motifs is 1. The molecule has 4 rings (SSSR count). The molecular weight excluding hydrogens is 422 g/mol. The van der Waals surface area contributed by atoms with Crippen LogP contribution in [0.2, 0.25) is 0 Å². The average molecular weight is 442 g/mol. The molecule has 0 saturated heterocycles. The maximum absolute atomic E-state index is 12.5. The molecule has 2 aromatic heterocycles. The summed E-state index contributed by atoms with van der Waals surface area (Å²) in [6.07, 6.45) is 3.42. The molecule has 7 nitrogen and oxygen atoms in total. The van der Waals surface area contributed by atoms with Crippen LogP contribution in [0.15, 0.2) is 71.2 Å². The van der Waals surface area contributed by atoms with E-state index < -0.39 is 9.84 Å². The Balaban J connectivity index is 1.46. The van der Waals surface area contributed by atoms with Gasteiger partial charge in [0.15, 0.2) is 9.84 Å². The lowest BCUT2D eigenvalue weighted by molar-refractivity contribution is -0.116. The lowest BCUT2D eigenvalue weighted by Crippen LogP contribution is -2.18. The predicted molar refractivity (Wildman–Crippen MR) is 117 cm³/mol. The van der Waals surface area contributed by atoms with Gasteiger partial charge in [0, 0.05) is 28.8 Å². The number of hydrogen-bond acceptors (Lipinski definition) is 6. The number of sulfone groups is 1. The van der Waals surface area contributed by atoms with Crippen LogP contribution in [-0.4, -0.2) is 31.0 Å². The molecule has 2 aromatic carbocycles. The van der Waals surface area contributed by atoms with Crippen LogP contribution in [0.25, 0.3) is 10.9 Å². The summed E-state index contributed by atoms with van der Waals surface area (Å²) in [7, 11) is -1.89. The largest absolute Gasteiger partial charge is 0.495 e. The van der Waals surface area contributed by atoms with Crippen molar-refractivity contribution in [1.82, 2.24) is 9.55 Å². The van der Waals surface area contributed by atoms with Crippen molar-refractivity contribution in [1.29, 1.82) is 0 Å². The Labute approximate surface area is 177 Å². The first-order valence-electron chi connectivity index (χ1n) is 9.09. The molecule has 0 aliphatic heterocycles. The molecule has 154 valence electrons. The molecule has 0 fully saturated rings. The molecule has 1 amide bonds. The summed E-state index contributed by atoms with van der Waals surface area (Å²) in [6.45, 7) is 0.105. The molecule has 4 aromatic rings. The van der Waals surface area contributed by atoms with E-state index in [0.29, 0.717) is 16.4 Å². The summed E-state index contributed by atoms with van der Waals surface area (Å²) in [5, 5.41) is 6.07. The monoisotopic (exact) mass is 441 g/mol. The molecule has 1 N–H and O–H groups in total. The third-order valence-electron chi connectivity index (χ3n) is 4.58. The number of carbonyl (C=O) groups is 1. The first kappa shape index (κ1) is 20.1. The average Bonchev–Trinajstić information content (AvgIpc) is 3.38. The molecule has 0 saturated carbocycles. The fourth-order valence-corrected chi connectivity index (χ4v) is 5.45. The van der Waals surface area contributed by atoms with Gasteiger partial charge in [0.2, 0.25) is 5.91 Å². The van der Waals surface area contributed by atoms with Crippen molar-refractivity contribution in [2.24, 2.45) is 0 Å². The first-order chi connectivity index (χ1) is 14.5. The highest BCUT2D eigenvalue weighted by molar-refractivity contribution is 7.90. The van der Waals surface area contributed by atoms with E-state index >= 15 is 0 Å². The number of anilines is 1. The van der Waals surface area contributed by atoms with Crippen molar-refractivity contribution in [2.45, 2.75) is 17.2 Å². The topological polar surface area (TPSA) is 90.3 Å². The Morgan fingerprint density at radius 3 is 2.67 bits per heavy atom. The predicted octanol–water partition coefficient (Wildman–Crippen LogP) is 3.72. The SMILES string of the molecule is COc1cccc2ccn(CC(=O)Nc3ccc(S(=O)(=O)Cc4nccs4)cc3)c12. The lowest BCUT2D eigenvalue weighted by atomic mass is 10.2. The number of rotatable bonds is 7. The quantitative estimate of drug-likeness (QED) is 0.472. The number of methoxy groups -OCH3 is 1. The van der Waals surface area contributed by atoms with E-state index in [2.05, 4.69) is 10.3 Å². The molecule has 0 radical (unpaired) electrons. The minimum atomic E-state index is -3.48. The number of carbonyl (C=O) groups excluding carboxylic acids is 1. The number of hydrogen-bond donors (Lipinski definition) is 1. The van der Waals surface area contributed by atoms with Gasteiger partial charge in [-0.3, -0.25) is 4.79 Å². The van der Waals surface area contributed by atoms with Crippen LogP contribution in [-0.2, 0) is 26.9 Å². The van der Waals surface area contributed by atoms with E-state index in [0.717, 1.165) is 10.9 Å². The molecule has 0 atom stereocenters. The number of nitrogens with one attached hydrogen (secondary N) is 1. The summed E-state index contributed by atoms with van der Waals surface area (Å²) in [5.41, 5.74) is 1.37. The van der Waals surface area contributed by atoms with Gasteiger partial charge < -0.3 is 14.6 Å². The number of nitrogens with zero attached hydrogens (tertiary/aromatic N) is 2. The van der Waals surface area contributed by atoms with Gasteiger partial charge in [-0.2, -0.15) is 0 Å². The Bertz CT molecular complexity index is 1280. The third kappa shape index (κ3) is 4.22. The van der Waals surface area contributed by atoms with Gasteiger partial charge in [0.05, 0.1) is 17.5 Å². The van der Waals surface area contributed by atoms with Crippen molar-refractivity contribution in [2.75, 3.05) is 12.4 Å².